The second kappa shape index (κ2) is 7.72. The van der Waals surface area contributed by atoms with Crippen LogP contribution in [-0.2, 0) is 4.79 Å². The Hall–Kier alpha value is -2.99. The maximum Gasteiger partial charge on any atom is 0.248 e. The molecule has 0 bridgehead atoms. The van der Waals surface area contributed by atoms with E-state index in [1.807, 2.05) is 48.5 Å². The number of amidine groups is 1. The summed E-state index contributed by atoms with van der Waals surface area (Å²) in [6.45, 7) is 1.79. The molecule has 5 nitrogen and oxygen atoms in total. The Morgan fingerprint density at radius 1 is 1.19 bits per heavy atom. The zero-order valence-corrected chi connectivity index (χ0v) is 15.7. The maximum absolute atomic E-state index is 12.1. The van der Waals surface area contributed by atoms with E-state index in [1.54, 1.807) is 24.9 Å². The van der Waals surface area contributed by atoms with Gasteiger partial charge in [0.2, 0.25) is 5.91 Å². The molecule has 2 aliphatic heterocycles. The van der Waals surface area contributed by atoms with Crippen molar-refractivity contribution in [3.05, 3.63) is 71.1 Å². The summed E-state index contributed by atoms with van der Waals surface area (Å²) >= 11 is 1.66. The highest BCUT2D eigenvalue weighted by Crippen LogP contribution is 2.35. The minimum absolute atomic E-state index is 0.164. The van der Waals surface area contributed by atoms with Gasteiger partial charge in [0, 0.05) is 23.7 Å². The molecule has 0 aliphatic carbocycles. The summed E-state index contributed by atoms with van der Waals surface area (Å²) in [6, 6.07) is 15.4. The van der Waals surface area contributed by atoms with Crippen molar-refractivity contribution in [2.24, 2.45) is 4.99 Å². The van der Waals surface area contributed by atoms with Gasteiger partial charge in [-0.15, -0.1) is 0 Å². The minimum Gasteiger partial charge on any atom is -0.497 e. The molecule has 6 heteroatoms. The minimum atomic E-state index is -0.164. The van der Waals surface area contributed by atoms with E-state index in [4.69, 9.17) is 4.74 Å². The van der Waals surface area contributed by atoms with Gasteiger partial charge in [0.1, 0.15) is 5.75 Å². The van der Waals surface area contributed by atoms with E-state index in [9.17, 15) is 4.79 Å². The highest BCUT2D eigenvalue weighted by Gasteiger charge is 2.26. The number of rotatable bonds is 5. The lowest BCUT2D eigenvalue weighted by molar-refractivity contribution is -0.111. The number of carbonyl (C=O) groups is 1. The zero-order chi connectivity index (χ0) is 18.6. The Balaban J connectivity index is 1.37. The third-order valence-electron chi connectivity index (χ3n) is 4.36. The largest absolute Gasteiger partial charge is 0.497 e. The average molecular weight is 377 g/mol. The first-order chi connectivity index (χ1) is 13.2. The number of aliphatic imine (C=N–C) groups is 1. The molecular formula is C21H19N3O2S. The molecular weight excluding hydrogens is 358 g/mol. The number of methoxy groups -OCH3 is 1. The molecule has 2 aromatic rings. The Kier molecular flexibility index (Phi) is 4.98. The van der Waals surface area contributed by atoms with Gasteiger partial charge in [0.15, 0.2) is 5.17 Å². The predicted molar refractivity (Wildman–Crippen MR) is 112 cm³/mol. The van der Waals surface area contributed by atoms with Gasteiger partial charge in [-0.3, -0.25) is 9.79 Å². The third kappa shape index (κ3) is 3.90. The first kappa shape index (κ1) is 17.4. The second-order valence-corrected chi connectivity index (χ2v) is 6.95. The van der Waals surface area contributed by atoms with E-state index in [1.165, 1.54) is 11.8 Å². The molecule has 1 amide bonds. The summed E-state index contributed by atoms with van der Waals surface area (Å²) in [6.07, 6.45) is 3.30. The first-order valence-electron chi connectivity index (χ1n) is 8.65. The summed E-state index contributed by atoms with van der Waals surface area (Å²) in [7, 11) is 1.63. The molecule has 1 N–H and O–H groups in total. The van der Waals surface area contributed by atoms with E-state index in [-0.39, 0.29) is 5.91 Å². The fourth-order valence-electron chi connectivity index (χ4n) is 2.94. The lowest BCUT2D eigenvalue weighted by Gasteiger charge is -2.16. The summed E-state index contributed by atoms with van der Waals surface area (Å²) in [5, 5.41) is 6.09. The summed E-state index contributed by atoms with van der Waals surface area (Å²) in [5.41, 5.74) is 4.01. The molecule has 27 heavy (non-hydrogen) atoms. The predicted octanol–water partition coefficient (Wildman–Crippen LogP) is 4.06. The van der Waals surface area contributed by atoms with Crippen molar-refractivity contribution in [3.63, 3.8) is 0 Å². The van der Waals surface area contributed by atoms with Crippen LogP contribution in [0, 0.1) is 0 Å². The van der Waals surface area contributed by atoms with E-state index in [0.29, 0.717) is 0 Å². The highest BCUT2D eigenvalue weighted by atomic mass is 32.2. The molecule has 0 saturated heterocycles. The number of fused-ring (bicyclic) bond motifs is 1. The fraction of sp³-hybridized carbons (Fsp3) is 0.143. The zero-order valence-electron chi connectivity index (χ0n) is 14.9. The van der Waals surface area contributed by atoms with Crippen LogP contribution in [0.5, 0.6) is 5.75 Å². The summed E-state index contributed by atoms with van der Waals surface area (Å²) in [5.74, 6) is 0.628. The Labute approximate surface area is 162 Å². The number of anilines is 1. The normalized spacial score (nSPS) is 15.5. The lowest BCUT2D eigenvalue weighted by atomic mass is 10.1. The molecule has 0 fully saturated rings. The molecule has 0 saturated carbocycles. The van der Waals surface area contributed by atoms with Crippen LogP contribution in [0.15, 0.2) is 65.0 Å². The van der Waals surface area contributed by atoms with Crippen molar-refractivity contribution >= 4 is 40.3 Å². The summed E-state index contributed by atoms with van der Waals surface area (Å²) in [4.78, 5) is 18.8. The number of amides is 1. The van der Waals surface area contributed by atoms with Gasteiger partial charge >= 0.3 is 0 Å². The molecule has 2 aromatic carbocycles. The van der Waals surface area contributed by atoms with Gasteiger partial charge in [-0.2, -0.15) is 0 Å². The number of hydrogen-bond acceptors (Lipinski definition) is 5. The molecule has 2 heterocycles. The molecule has 0 radical (unpaired) electrons. The van der Waals surface area contributed by atoms with E-state index >= 15 is 0 Å². The standard InChI is InChI=1S/C21H19N3O2S/c1-26-18-9-2-15(3-10-18)4-11-20(25)23-17-7-5-16(6-8-17)19-14-27-21-22-12-13-24(19)21/h2-11,14H,12-13H2,1H3,(H,23,25)/b11-4+. The highest BCUT2D eigenvalue weighted by molar-refractivity contribution is 8.16. The summed E-state index contributed by atoms with van der Waals surface area (Å²) < 4.78 is 5.13. The number of hydrogen-bond donors (Lipinski definition) is 1. The van der Waals surface area contributed by atoms with Gasteiger partial charge in [-0.05, 0) is 41.5 Å². The van der Waals surface area contributed by atoms with Crippen molar-refractivity contribution in [2.45, 2.75) is 0 Å². The van der Waals surface area contributed by atoms with Crippen LogP contribution in [0.4, 0.5) is 5.69 Å². The number of nitrogens with one attached hydrogen (secondary N) is 1. The number of benzene rings is 2. The smallest absolute Gasteiger partial charge is 0.248 e. The van der Waals surface area contributed by atoms with E-state index < -0.39 is 0 Å². The van der Waals surface area contributed by atoms with Gasteiger partial charge in [-0.1, -0.05) is 36.0 Å². The topological polar surface area (TPSA) is 53.9 Å². The third-order valence-corrected chi connectivity index (χ3v) is 5.26. The molecule has 136 valence electrons. The maximum atomic E-state index is 12.1. The van der Waals surface area contributed by atoms with Crippen LogP contribution in [0.2, 0.25) is 0 Å². The van der Waals surface area contributed by atoms with Gasteiger partial charge in [0.05, 0.1) is 19.4 Å². The Morgan fingerprint density at radius 2 is 1.96 bits per heavy atom. The lowest BCUT2D eigenvalue weighted by Crippen LogP contribution is -2.19. The van der Waals surface area contributed by atoms with Crippen molar-refractivity contribution in [1.82, 2.24) is 4.90 Å². The van der Waals surface area contributed by atoms with Crippen LogP contribution < -0.4 is 10.1 Å². The van der Waals surface area contributed by atoms with Gasteiger partial charge in [-0.25, -0.2) is 0 Å². The van der Waals surface area contributed by atoms with Crippen molar-refractivity contribution < 1.29 is 9.53 Å². The van der Waals surface area contributed by atoms with Crippen LogP contribution in [0.25, 0.3) is 11.8 Å². The molecule has 0 unspecified atom stereocenters. The van der Waals surface area contributed by atoms with Crippen LogP contribution in [-0.4, -0.2) is 36.2 Å². The molecule has 0 atom stereocenters. The quantitative estimate of drug-likeness (QED) is 0.799. The van der Waals surface area contributed by atoms with Crippen molar-refractivity contribution in [1.29, 1.82) is 0 Å². The number of ether oxygens (including phenoxy) is 1. The number of carbonyl (C=O) groups excluding carboxylic acids is 1. The van der Waals surface area contributed by atoms with Gasteiger partial charge in [0.25, 0.3) is 0 Å². The fourth-order valence-corrected chi connectivity index (χ4v) is 3.91. The number of thioether (sulfide) groups is 1. The van der Waals surface area contributed by atoms with E-state index in [2.05, 4.69) is 20.6 Å². The molecule has 4 rings (SSSR count). The Morgan fingerprint density at radius 3 is 2.70 bits per heavy atom. The first-order valence-corrected chi connectivity index (χ1v) is 9.53. The van der Waals surface area contributed by atoms with Crippen LogP contribution >= 0.6 is 11.8 Å². The van der Waals surface area contributed by atoms with Crippen LogP contribution in [0.1, 0.15) is 11.1 Å². The monoisotopic (exact) mass is 377 g/mol. The van der Waals surface area contributed by atoms with Crippen LogP contribution in [0.3, 0.4) is 0 Å². The molecule has 2 aliphatic rings. The second-order valence-electron chi connectivity index (χ2n) is 6.11. The average Bonchev–Trinajstić information content (AvgIpc) is 3.31. The Bertz CT molecular complexity index is 931. The van der Waals surface area contributed by atoms with E-state index in [0.717, 1.165) is 40.8 Å². The molecule has 0 aromatic heterocycles. The van der Waals surface area contributed by atoms with Crippen molar-refractivity contribution in [2.75, 3.05) is 25.5 Å². The van der Waals surface area contributed by atoms with Crippen molar-refractivity contribution in [3.8, 4) is 5.75 Å². The molecule has 0 spiro atoms. The number of nitrogens with zero attached hydrogens (tertiary/aromatic N) is 2. The SMILES string of the molecule is COc1ccc(/C=C/C(=O)Nc2ccc(C3=CSC4=NCCN34)cc2)cc1. The van der Waals surface area contributed by atoms with Gasteiger partial charge < -0.3 is 15.0 Å².